The second-order valence-corrected chi connectivity index (χ2v) is 5.04. The van der Waals surface area contributed by atoms with E-state index in [2.05, 4.69) is 5.32 Å². The second kappa shape index (κ2) is 6.21. The van der Waals surface area contributed by atoms with Gasteiger partial charge in [-0.15, -0.1) is 0 Å². The van der Waals surface area contributed by atoms with E-state index in [4.69, 9.17) is 17.3 Å². The Bertz CT molecular complexity index is 420. The number of hydrogen-bond acceptors (Lipinski definition) is 2. The first kappa shape index (κ1) is 15.0. The molecule has 1 aromatic rings. The number of hydrogen-bond donors (Lipinski definition) is 2. The molecule has 18 heavy (non-hydrogen) atoms. The van der Waals surface area contributed by atoms with Crippen molar-refractivity contribution in [2.45, 2.75) is 33.6 Å². The van der Waals surface area contributed by atoms with Gasteiger partial charge < -0.3 is 11.1 Å². The maximum atomic E-state index is 12.3. The van der Waals surface area contributed by atoms with Crippen molar-refractivity contribution in [3.8, 4) is 0 Å². The van der Waals surface area contributed by atoms with E-state index in [1.54, 1.807) is 0 Å². The molecule has 0 saturated heterocycles. The molecular formula is C14H21ClN2O. The van der Waals surface area contributed by atoms with E-state index in [0.717, 1.165) is 18.4 Å². The number of nitrogens with one attached hydrogen (secondary N) is 1. The normalized spacial score (nSPS) is 11.4. The second-order valence-electron chi connectivity index (χ2n) is 4.63. The molecule has 0 aliphatic heterocycles. The molecule has 1 rings (SSSR count). The molecule has 0 saturated carbocycles. The van der Waals surface area contributed by atoms with E-state index >= 15 is 0 Å². The van der Waals surface area contributed by atoms with E-state index in [-0.39, 0.29) is 5.91 Å². The Kier molecular flexibility index (Phi) is 5.17. The van der Waals surface area contributed by atoms with E-state index < -0.39 is 5.41 Å². The van der Waals surface area contributed by atoms with Gasteiger partial charge in [0.25, 0.3) is 0 Å². The fraction of sp³-hybridized carbons (Fsp3) is 0.500. The zero-order chi connectivity index (χ0) is 13.8. The highest BCUT2D eigenvalue weighted by Gasteiger charge is 2.33. The van der Waals surface area contributed by atoms with Crippen molar-refractivity contribution in [3.05, 3.63) is 28.8 Å². The van der Waals surface area contributed by atoms with Gasteiger partial charge in [-0.25, -0.2) is 0 Å². The molecule has 0 unspecified atom stereocenters. The molecule has 100 valence electrons. The van der Waals surface area contributed by atoms with Gasteiger partial charge in [-0.05, 0) is 37.5 Å². The Hall–Kier alpha value is -1.06. The monoisotopic (exact) mass is 268 g/mol. The molecule has 0 fully saturated rings. The number of halogens is 1. The summed E-state index contributed by atoms with van der Waals surface area (Å²) >= 11 is 6.11. The van der Waals surface area contributed by atoms with Crippen LogP contribution in [0.25, 0.3) is 0 Å². The summed E-state index contributed by atoms with van der Waals surface area (Å²) in [6, 6.07) is 5.57. The minimum Gasteiger partial charge on any atom is -0.329 e. The van der Waals surface area contributed by atoms with Gasteiger partial charge in [0.1, 0.15) is 0 Å². The molecule has 3 N–H and O–H groups in total. The summed E-state index contributed by atoms with van der Waals surface area (Å²) in [7, 11) is 0. The molecule has 0 atom stereocenters. The van der Waals surface area contributed by atoms with Crippen LogP contribution in [0.5, 0.6) is 0 Å². The van der Waals surface area contributed by atoms with Gasteiger partial charge in [-0.1, -0.05) is 31.5 Å². The third kappa shape index (κ3) is 3.03. The lowest BCUT2D eigenvalue weighted by atomic mass is 9.81. The van der Waals surface area contributed by atoms with Crippen LogP contribution in [0.1, 0.15) is 32.3 Å². The van der Waals surface area contributed by atoms with Crippen LogP contribution >= 0.6 is 11.6 Å². The zero-order valence-electron chi connectivity index (χ0n) is 11.2. The van der Waals surface area contributed by atoms with Gasteiger partial charge in [-0.3, -0.25) is 4.79 Å². The predicted molar refractivity (Wildman–Crippen MR) is 76.9 cm³/mol. The summed E-state index contributed by atoms with van der Waals surface area (Å²) in [6.45, 7) is 6.26. The van der Waals surface area contributed by atoms with Crippen molar-refractivity contribution in [2.24, 2.45) is 11.1 Å². The Labute approximate surface area is 114 Å². The van der Waals surface area contributed by atoms with E-state index in [0.29, 0.717) is 17.3 Å². The highest BCUT2D eigenvalue weighted by atomic mass is 35.5. The van der Waals surface area contributed by atoms with Crippen molar-refractivity contribution in [1.82, 2.24) is 0 Å². The lowest BCUT2D eigenvalue weighted by Gasteiger charge is -2.28. The number of anilines is 1. The van der Waals surface area contributed by atoms with Crippen molar-refractivity contribution in [1.29, 1.82) is 0 Å². The fourth-order valence-electron chi connectivity index (χ4n) is 1.93. The largest absolute Gasteiger partial charge is 0.329 e. The molecule has 3 nitrogen and oxygen atoms in total. The summed E-state index contributed by atoms with van der Waals surface area (Å²) < 4.78 is 0. The van der Waals surface area contributed by atoms with Gasteiger partial charge >= 0.3 is 0 Å². The van der Waals surface area contributed by atoms with Crippen LogP contribution in [0.15, 0.2) is 18.2 Å². The molecule has 0 aliphatic rings. The van der Waals surface area contributed by atoms with Crippen LogP contribution in [0, 0.1) is 12.3 Å². The minimum atomic E-state index is -0.506. The molecule has 0 spiro atoms. The summed E-state index contributed by atoms with van der Waals surface area (Å²) in [5, 5.41) is 3.44. The first-order valence-electron chi connectivity index (χ1n) is 6.26. The van der Waals surface area contributed by atoms with E-state index in [9.17, 15) is 4.79 Å². The smallest absolute Gasteiger partial charge is 0.231 e. The quantitative estimate of drug-likeness (QED) is 0.860. The average molecular weight is 269 g/mol. The number of nitrogens with two attached hydrogens (primary N) is 1. The first-order chi connectivity index (χ1) is 8.49. The fourth-order valence-corrected chi connectivity index (χ4v) is 2.21. The molecule has 0 heterocycles. The van der Waals surface area contributed by atoms with Gasteiger partial charge in [0.2, 0.25) is 5.91 Å². The number of amides is 1. The summed E-state index contributed by atoms with van der Waals surface area (Å²) in [5.41, 5.74) is 6.96. The van der Waals surface area contributed by atoms with Crippen molar-refractivity contribution in [3.63, 3.8) is 0 Å². The Morgan fingerprint density at radius 1 is 1.39 bits per heavy atom. The summed E-state index contributed by atoms with van der Waals surface area (Å²) in [6.07, 6.45) is 1.44. The molecule has 1 aromatic carbocycles. The summed E-state index contributed by atoms with van der Waals surface area (Å²) in [5.74, 6) is -0.0549. The van der Waals surface area contributed by atoms with Gasteiger partial charge in [-0.2, -0.15) is 0 Å². The Balaban J connectivity index is 2.93. The average Bonchev–Trinajstić information content (AvgIpc) is 2.36. The standard InChI is InChI=1S/C14H21ClN2O/c1-4-14(5-2,9-16)13(18)17-12-7-6-10(3)8-11(12)15/h6-8H,4-5,9,16H2,1-3H3,(H,17,18). The van der Waals surface area contributed by atoms with E-state index in [1.807, 2.05) is 39.0 Å². The van der Waals surface area contributed by atoms with Crippen LogP contribution in [-0.4, -0.2) is 12.5 Å². The lowest BCUT2D eigenvalue weighted by Crippen LogP contribution is -2.41. The number of aryl methyl sites for hydroxylation is 1. The SMILES string of the molecule is CCC(CC)(CN)C(=O)Nc1ccc(C)cc1Cl. The maximum absolute atomic E-state index is 12.3. The van der Waals surface area contributed by atoms with Crippen LogP contribution in [0.3, 0.4) is 0 Å². The highest BCUT2D eigenvalue weighted by Crippen LogP contribution is 2.29. The van der Waals surface area contributed by atoms with E-state index in [1.165, 1.54) is 0 Å². The number of carbonyl (C=O) groups excluding carboxylic acids is 1. The van der Waals surface area contributed by atoms with Gasteiger partial charge in [0, 0.05) is 6.54 Å². The topological polar surface area (TPSA) is 55.1 Å². The van der Waals surface area contributed by atoms with Crippen LogP contribution < -0.4 is 11.1 Å². The van der Waals surface area contributed by atoms with Crippen molar-refractivity contribution in [2.75, 3.05) is 11.9 Å². The predicted octanol–water partition coefficient (Wildman–Crippen LogP) is 3.35. The third-order valence-corrected chi connectivity index (χ3v) is 3.91. The molecule has 0 aliphatic carbocycles. The number of benzene rings is 1. The van der Waals surface area contributed by atoms with Gasteiger partial charge in [0.15, 0.2) is 0 Å². The zero-order valence-corrected chi connectivity index (χ0v) is 12.0. The molecule has 0 radical (unpaired) electrons. The minimum absolute atomic E-state index is 0.0549. The molecular weight excluding hydrogens is 248 g/mol. The highest BCUT2D eigenvalue weighted by molar-refractivity contribution is 6.33. The maximum Gasteiger partial charge on any atom is 0.231 e. The van der Waals surface area contributed by atoms with Crippen LogP contribution in [0.2, 0.25) is 5.02 Å². The molecule has 0 bridgehead atoms. The van der Waals surface area contributed by atoms with Gasteiger partial charge in [0.05, 0.1) is 16.1 Å². The lowest BCUT2D eigenvalue weighted by molar-refractivity contribution is -0.125. The molecule has 0 aromatic heterocycles. The molecule has 1 amide bonds. The van der Waals surface area contributed by atoms with Crippen LogP contribution in [-0.2, 0) is 4.79 Å². The Morgan fingerprint density at radius 3 is 2.44 bits per heavy atom. The Morgan fingerprint density at radius 2 is 2.00 bits per heavy atom. The first-order valence-corrected chi connectivity index (χ1v) is 6.64. The van der Waals surface area contributed by atoms with Crippen LogP contribution in [0.4, 0.5) is 5.69 Å². The number of carbonyl (C=O) groups is 1. The third-order valence-electron chi connectivity index (χ3n) is 3.60. The molecule has 4 heteroatoms. The summed E-state index contributed by atoms with van der Waals surface area (Å²) in [4.78, 5) is 12.3. The van der Waals surface area contributed by atoms with Crippen molar-refractivity contribution < 1.29 is 4.79 Å². The van der Waals surface area contributed by atoms with Crippen molar-refractivity contribution >= 4 is 23.2 Å². The number of rotatable bonds is 5.